The molecule has 1 rings (SSSR count). The van der Waals surface area contributed by atoms with Gasteiger partial charge in [0.25, 0.3) is 0 Å². The molecular weight excluding hydrogens is 516 g/mol. The molecule has 0 aliphatic carbocycles. The molecule has 0 aromatic heterocycles. The molecule has 6 heteroatoms. The van der Waals surface area contributed by atoms with E-state index in [4.69, 9.17) is 10.5 Å². The van der Waals surface area contributed by atoms with Gasteiger partial charge in [-0.3, -0.25) is 0 Å². The van der Waals surface area contributed by atoms with E-state index in [0.717, 1.165) is 44.9 Å². The number of unbranched alkanes of at least 4 members (excludes halogenated alkanes) is 15. The van der Waals surface area contributed by atoms with Crippen molar-refractivity contribution in [1.82, 2.24) is 0 Å². The molecule has 0 fully saturated rings. The standard InChI is InChI=1S/C35H60O6/c1-3-5-17-22-30-28-29-31(23-18-13-11-12-16-21-27-35(37)41-39)33(32(30)24-6-4-2)25-19-14-9-7-8-10-15-20-26-34(36)40-38/h28-29,38-39H,3-27H2,1-2H3. The number of benzene rings is 1. The molecule has 236 valence electrons. The molecule has 0 radical (unpaired) electrons. The fourth-order valence-corrected chi connectivity index (χ4v) is 5.82. The van der Waals surface area contributed by atoms with Crippen LogP contribution in [0.25, 0.3) is 0 Å². The minimum absolute atomic E-state index is 0.300. The van der Waals surface area contributed by atoms with Gasteiger partial charge in [-0.1, -0.05) is 109 Å². The molecule has 41 heavy (non-hydrogen) atoms. The van der Waals surface area contributed by atoms with Crippen molar-refractivity contribution in [3.05, 3.63) is 34.4 Å². The Morgan fingerprint density at radius 1 is 0.488 bits per heavy atom. The summed E-state index contributed by atoms with van der Waals surface area (Å²) in [6.45, 7) is 4.58. The maximum Gasteiger partial charge on any atom is 0.342 e. The predicted octanol–water partition coefficient (Wildman–Crippen LogP) is 10.1. The van der Waals surface area contributed by atoms with E-state index >= 15 is 0 Å². The first kappa shape index (κ1) is 37.1. The Bertz CT molecular complexity index is 806. The average Bonchev–Trinajstić information content (AvgIpc) is 2.99. The lowest BCUT2D eigenvalue weighted by Gasteiger charge is -2.20. The normalized spacial score (nSPS) is 11.1. The van der Waals surface area contributed by atoms with E-state index in [2.05, 4.69) is 35.8 Å². The van der Waals surface area contributed by atoms with Gasteiger partial charge in [0.15, 0.2) is 0 Å². The largest absolute Gasteiger partial charge is 0.342 e. The van der Waals surface area contributed by atoms with Crippen molar-refractivity contribution < 1.29 is 29.9 Å². The molecule has 0 saturated carbocycles. The van der Waals surface area contributed by atoms with Gasteiger partial charge in [-0.2, -0.15) is 10.5 Å². The summed E-state index contributed by atoms with van der Waals surface area (Å²) < 4.78 is 0. The van der Waals surface area contributed by atoms with Crippen LogP contribution >= 0.6 is 0 Å². The third kappa shape index (κ3) is 18.3. The van der Waals surface area contributed by atoms with Gasteiger partial charge in [-0.15, -0.1) is 0 Å². The number of carbonyl (C=O) groups excluding carboxylic acids is 2. The van der Waals surface area contributed by atoms with E-state index in [1.54, 1.807) is 22.3 Å². The summed E-state index contributed by atoms with van der Waals surface area (Å²) in [5.74, 6) is -1.06. The van der Waals surface area contributed by atoms with Crippen molar-refractivity contribution in [2.24, 2.45) is 0 Å². The van der Waals surface area contributed by atoms with Crippen LogP contribution in [0.5, 0.6) is 0 Å². The molecular formula is C35H60O6. The van der Waals surface area contributed by atoms with Crippen molar-refractivity contribution in [2.75, 3.05) is 0 Å². The summed E-state index contributed by atoms with van der Waals surface area (Å²) in [6, 6.07) is 4.89. The zero-order valence-corrected chi connectivity index (χ0v) is 26.4. The molecule has 0 aliphatic rings. The van der Waals surface area contributed by atoms with Crippen LogP contribution in [0, 0.1) is 0 Å². The van der Waals surface area contributed by atoms with Crippen LogP contribution in [0.1, 0.15) is 171 Å². The molecule has 1 aromatic rings. The van der Waals surface area contributed by atoms with Crippen LogP contribution in [0.2, 0.25) is 0 Å². The molecule has 0 spiro atoms. The first-order chi connectivity index (χ1) is 20.1. The minimum atomic E-state index is -0.533. The number of hydrogen-bond acceptors (Lipinski definition) is 6. The fraction of sp³-hybridized carbons (Fsp3) is 0.771. The average molecular weight is 577 g/mol. The molecule has 1 aromatic carbocycles. The SMILES string of the molecule is CCCCCc1ccc(CCCCCCCCC(=O)OO)c(CCCCCCCCCCC(=O)OO)c1CCCC. The molecule has 0 aliphatic heterocycles. The first-order valence-corrected chi connectivity index (χ1v) is 16.9. The highest BCUT2D eigenvalue weighted by Crippen LogP contribution is 2.27. The summed E-state index contributed by atoms with van der Waals surface area (Å²) in [5, 5.41) is 16.7. The molecule has 6 nitrogen and oxygen atoms in total. The second-order valence-corrected chi connectivity index (χ2v) is 11.8. The summed E-state index contributed by atoms with van der Waals surface area (Å²) in [7, 11) is 0. The van der Waals surface area contributed by atoms with Gasteiger partial charge in [0.2, 0.25) is 0 Å². The smallest absolute Gasteiger partial charge is 0.301 e. The minimum Gasteiger partial charge on any atom is -0.301 e. The summed E-state index contributed by atoms with van der Waals surface area (Å²) in [4.78, 5) is 29.5. The van der Waals surface area contributed by atoms with Crippen molar-refractivity contribution in [2.45, 2.75) is 174 Å². The van der Waals surface area contributed by atoms with Gasteiger partial charge in [0.05, 0.1) is 0 Å². The fourth-order valence-electron chi connectivity index (χ4n) is 5.82. The van der Waals surface area contributed by atoms with Crippen LogP contribution in [0.3, 0.4) is 0 Å². The Morgan fingerprint density at radius 2 is 0.829 bits per heavy atom. The van der Waals surface area contributed by atoms with Crippen LogP contribution in [-0.4, -0.2) is 22.5 Å². The quantitative estimate of drug-likeness (QED) is 0.0615. The maximum absolute atomic E-state index is 11.0. The number of aryl methyl sites for hydroxylation is 2. The van der Waals surface area contributed by atoms with Crippen LogP contribution < -0.4 is 0 Å². The topological polar surface area (TPSA) is 93.1 Å². The zero-order valence-electron chi connectivity index (χ0n) is 26.4. The lowest BCUT2D eigenvalue weighted by atomic mass is 9.86. The predicted molar refractivity (Wildman–Crippen MR) is 167 cm³/mol. The highest BCUT2D eigenvalue weighted by molar-refractivity contribution is 5.68. The Balaban J connectivity index is 2.62. The molecule has 0 heterocycles. The van der Waals surface area contributed by atoms with E-state index < -0.39 is 11.9 Å². The van der Waals surface area contributed by atoms with Gasteiger partial charge in [-0.25, -0.2) is 9.59 Å². The van der Waals surface area contributed by atoms with Gasteiger partial charge < -0.3 is 9.78 Å². The monoisotopic (exact) mass is 576 g/mol. The van der Waals surface area contributed by atoms with Gasteiger partial charge in [-0.05, 0) is 86.5 Å². The van der Waals surface area contributed by atoms with Crippen molar-refractivity contribution >= 4 is 11.9 Å². The Kier molecular flexibility index (Phi) is 23.3. The van der Waals surface area contributed by atoms with E-state index in [9.17, 15) is 9.59 Å². The zero-order chi connectivity index (χ0) is 30.0. The third-order valence-corrected chi connectivity index (χ3v) is 8.29. The second-order valence-electron chi connectivity index (χ2n) is 11.8. The summed E-state index contributed by atoms with van der Waals surface area (Å²) in [6.07, 6.45) is 27.4. The second kappa shape index (κ2) is 25.8. The Hall–Kier alpha value is -1.92. The van der Waals surface area contributed by atoms with E-state index in [-0.39, 0.29) is 0 Å². The Morgan fingerprint density at radius 3 is 1.24 bits per heavy atom. The van der Waals surface area contributed by atoms with Crippen molar-refractivity contribution in [1.29, 1.82) is 0 Å². The van der Waals surface area contributed by atoms with E-state index in [1.807, 2.05) is 0 Å². The summed E-state index contributed by atoms with van der Waals surface area (Å²) >= 11 is 0. The molecule has 0 amide bonds. The third-order valence-electron chi connectivity index (χ3n) is 8.29. The molecule has 0 unspecified atom stereocenters. The van der Waals surface area contributed by atoms with E-state index in [0.29, 0.717) is 12.8 Å². The Labute approximate surface area is 250 Å². The lowest BCUT2D eigenvalue weighted by Crippen LogP contribution is -2.06. The highest BCUT2D eigenvalue weighted by Gasteiger charge is 2.13. The van der Waals surface area contributed by atoms with Crippen LogP contribution in [0.4, 0.5) is 0 Å². The number of hydrogen-bond donors (Lipinski definition) is 2. The van der Waals surface area contributed by atoms with Gasteiger partial charge in [0, 0.05) is 12.8 Å². The highest BCUT2D eigenvalue weighted by atomic mass is 17.1. The number of rotatable bonds is 27. The van der Waals surface area contributed by atoms with Gasteiger partial charge in [0.1, 0.15) is 0 Å². The summed E-state index contributed by atoms with van der Waals surface area (Å²) in [5.41, 5.74) is 6.49. The van der Waals surface area contributed by atoms with Crippen LogP contribution in [-0.2, 0) is 45.0 Å². The number of carbonyl (C=O) groups is 2. The first-order valence-electron chi connectivity index (χ1n) is 16.9. The van der Waals surface area contributed by atoms with E-state index in [1.165, 1.54) is 103 Å². The molecule has 0 atom stereocenters. The molecule has 0 saturated heterocycles. The van der Waals surface area contributed by atoms with Crippen LogP contribution in [0.15, 0.2) is 12.1 Å². The van der Waals surface area contributed by atoms with Crippen molar-refractivity contribution in [3.8, 4) is 0 Å². The molecule has 2 N–H and O–H groups in total. The van der Waals surface area contributed by atoms with Gasteiger partial charge >= 0.3 is 11.9 Å². The van der Waals surface area contributed by atoms with Crippen molar-refractivity contribution in [3.63, 3.8) is 0 Å². The maximum atomic E-state index is 11.0. The lowest BCUT2D eigenvalue weighted by molar-refractivity contribution is -0.234. The molecule has 0 bridgehead atoms.